The second kappa shape index (κ2) is 5.99. The summed E-state index contributed by atoms with van der Waals surface area (Å²) in [7, 11) is 0. The van der Waals surface area contributed by atoms with Gasteiger partial charge >= 0.3 is 6.18 Å². The Morgan fingerprint density at radius 3 is 2.72 bits per heavy atom. The van der Waals surface area contributed by atoms with Crippen LogP contribution in [0.5, 0.6) is 0 Å². The molecule has 1 aromatic rings. The summed E-state index contributed by atoms with van der Waals surface area (Å²) in [5, 5.41) is 0. The van der Waals surface area contributed by atoms with Gasteiger partial charge in [-0.2, -0.15) is 13.2 Å². The Balaban J connectivity index is 1.54. The molecule has 0 bridgehead atoms. The minimum absolute atomic E-state index is 0.0741. The van der Waals surface area contributed by atoms with Crippen LogP contribution in [-0.4, -0.2) is 53.3 Å². The van der Waals surface area contributed by atoms with E-state index in [9.17, 15) is 18.0 Å². The Kier molecular flexibility index (Phi) is 4.03. The lowest BCUT2D eigenvalue weighted by molar-refractivity contribution is -0.215. The van der Waals surface area contributed by atoms with E-state index in [1.807, 2.05) is 30.3 Å². The summed E-state index contributed by atoms with van der Waals surface area (Å²) in [6, 6.07) is 8.22. The van der Waals surface area contributed by atoms with Crippen LogP contribution in [0.1, 0.15) is 24.8 Å². The van der Waals surface area contributed by atoms with E-state index in [-0.39, 0.29) is 12.3 Å². The first-order valence-electron chi connectivity index (χ1n) is 8.69. The maximum absolute atomic E-state index is 13.3. The normalized spacial score (nSPS) is 33.2. The average Bonchev–Trinajstić information content (AvgIpc) is 2.98. The van der Waals surface area contributed by atoms with Crippen molar-refractivity contribution in [1.29, 1.82) is 0 Å². The second-order valence-corrected chi connectivity index (χ2v) is 7.18. The SMILES string of the molecule is O=C1CC[C@@H]2CN(Cc3ccccc3)CC[C@@]23OC[C@H](C(F)(F)F)N13. The van der Waals surface area contributed by atoms with Crippen molar-refractivity contribution in [2.75, 3.05) is 19.7 Å². The van der Waals surface area contributed by atoms with Crippen LogP contribution in [0.4, 0.5) is 13.2 Å². The number of carbonyl (C=O) groups excluding carboxylic acids is 1. The minimum atomic E-state index is -4.44. The molecule has 3 aliphatic rings. The van der Waals surface area contributed by atoms with E-state index in [0.29, 0.717) is 25.9 Å². The van der Waals surface area contributed by atoms with Gasteiger partial charge in [0.05, 0.1) is 6.61 Å². The summed E-state index contributed by atoms with van der Waals surface area (Å²) in [5.41, 5.74) is 0.116. The van der Waals surface area contributed by atoms with Crippen molar-refractivity contribution >= 4 is 5.91 Å². The Hall–Kier alpha value is -1.60. The van der Waals surface area contributed by atoms with Crippen molar-refractivity contribution in [3.63, 3.8) is 0 Å². The van der Waals surface area contributed by atoms with Gasteiger partial charge in [-0.05, 0) is 12.0 Å². The van der Waals surface area contributed by atoms with E-state index in [4.69, 9.17) is 4.74 Å². The van der Waals surface area contributed by atoms with Crippen molar-refractivity contribution in [2.45, 2.75) is 43.8 Å². The fourth-order valence-electron chi connectivity index (χ4n) is 4.55. The molecule has 1 spiro atoms. The van der Waals surface area contributed by atoms with E-state index in [1.54, 1.807) is 0 Å². The van der Waals surface area contributed by atoms with Crippen LogP contribution in [0.2, 0.25) is 0 Å². The molecular weight excluding hydrogens is 333 g/mol. The van der Waals surface area contributed by atoms with Gasteiger partial charge in [0.1, 0.15) is 5.72 Å². The van der Waals surface area contributed by atoms with Crippen molar-refractivity contribution in [2.24, 2.45) is 5.92 Å². The van der Waals surface area contributed by atoms with Crippen LogP contribution in [0.25, 0.3) is 0 Å². The fourth-order valence-corrected chi connectivity index (χ4v) is 4.55. The zero-order valence-corrected chi connectivity index (χ0v) is 13.8. The van der Waals surface area contributed by atoms with Gasteiger partial charge in [0.15, 0.2) is 6.04 Å². The molecule has 25 heavy (non-hydrogen) atoms. The maximum atomic E-state index is 13.3. The number of halogens is 3. The molecule has 0 saturated carbocycles. The smallest absolute Gasteiger partial charge is 0.353 e. The molecule has 3 fully saturated rings. The molecule has 1 aromatic carbocycles. The third-order valence-corrected chi connectivity index (χ3v) is 5.72. The molecule has 1 amide bonds. The van der Waals surface area contributed by atoms with E-state index in [1.165, 1.54) is 5.56 Å². The average molecular weight is 354 g/mol. The number of likely N-dealkylation sites (tertiary alicyclic amines) is 1. The first kappa shape index (κ1) is 16.8. The van der Waals surface area contributed by atoms with E-state index < -0.39 is 30.5 Å². The molecule has 3 heterocycles. The highest BCUT2D eigenvalue weighted by Crippen LogP contribution is 2.49. The van der Waals surface area contributed by atoms with Gasteiger partial charge < -0.3 is 4.74 Å². The van der Waals surface area contributed by atoms with Crippen LogP contribution in [0.3, 0.4) is 0 Å². The summed E-state index contributed by atoms with van der Waals surface area (Å²) < 4.78 is 45.7. The summed E-state index contributed by atoms with van der Waals surface area (Å²) in [6.45, 7) is 1.61. The number of hydrogen-bond donors (Lipinski definition) is 0. The molecule has 3 atom stereocenters. The molecule has 4 nitrogen and oxygen atoms in total. The number of benzene rings is 1. The van der Waals surface area contributed by atoms with Gasteiger partial charge in [-0.1, -0.05) is 30.3 Å². The molecular formula is C18H21F3N2O2. The van der Waals surface area contributed by atoms with Gasteiger partial charge in [-0.3, -0.25) is 14.6 Å². The molecule has 0 aliphatic carbocycles. The van der Waals surface area contributed by atoms with Gasteiger partial charge in [-0.15, -0.1) is 0 Å². The molecule has 0 radical (unpaired) electrons. The lowest BCUT2D eigenvalue weighted by Gasteiger charge is -2.52. The van der Waals surface area contributed by atoms with Crippen LogP contribution in [0.15, 0.2) is 30.3 Å². The first-order chi connectivity index (χ1) is 11.9. The third-order valence-electron chi connectivity index (χ3n) is 5.72. The first-order valence-corrected chi connectivity index (χ1v) is 8.69. The molecule has 3 aliphatic heterocycles. The maximum Gasteiger partial charge on any atom is 0.411 e. The fraction of sp³-hybridized carbons (Fsp3) is 0.611. The number of rotatable bonds is 2. The highest BCUT2D eigenvalue weighted by molar-refractivity contribution is 5.79. The Bertz CT molecular complexity index is 651. The van der Waals surface area contributed by atoms with E-state index in [0.717, 1.165) is 11.4 Å². The lowest BCUT2D eigenvalue weighted by Crippen LogP contribution is -2.66. The van der Waals surface area contributed by atoms with Crippen LogP contribution in [0, 0.1) is 5.92 Å². The monoisotopic (exact) mass is 354 g/mol. The number of alkyl halides is 3. The van der Waals surface area contributed by atoms with Crippen molar-refractivity contribution in [3.8, 4) is 0 Å². The highest BCUT2D eigenvalue weighted by Gasteiger charge is 2.64. The van der Waals surface area contributed by atoms with Gasteiger partial charge in [0, 0.05) is 38.4 Å². The van der Waals surface area contributed by atoms with Gasteiger partial charge in [0.2, 0.25) is 5.91 Å². The Morgan fingerprint density at radius 1 is 1.24 bits per heavy atom. The summed E-state index contributed by atoms with van der Waals surface area (Å²) in [5.74, 6) is -0.498. The molecule has 0 N–H and O–H groups in total. The molecule has 136 valence electrons. The predicted molar refractivity (Wildman–Crippen MR) is 84.4 cm³/mol. The second-order valence-electron chi connectivity index (χ2n) is 7.18. The summed E-state index contributed by atoms with van der Waals surface area (Å²) >= 11 is 0. The number of carbonyl (C=O) groups is 1. The van der Waals surface area contributed by atoms with Crippen molar-refractivity contribution < 1.29 is 22.7 Å². The zero-order valence-electron chi connectivity index (χ0n) is 13.8. The summed E-state index contributed by atoms with van der Waals surface area (Å²) in [4.78, 5) is 15.6. The molecule has 3 saturated heterocycles. The number of piperidine rings is 2. The Labute approximate surface area is 144 Å². The predicted octanol–water partition coefficient (Wildman–Crippen LogP) is 2.79. The molecule has 0 aromatic heterocycles. The van der Waals surface area contributed by atoms with E-state index in [2.05, 4.69) is 4.90 Å². The van der Waals surface area contributed by atoms with Gasteiger partial charge in [0.25, 0.3) is 0 Å². The van der Waals surface area contributed by atoms with Crippen molar-refractivity contribution in [3.05, 3.63) is 35.9 Å². The highest BCUT2D eigenvalue weighted by atomic mass is 19.4. The van der Waals surface area contributed by atoms with Crippen LogP contribution < -0.4 is 0 Å². The number of amides is 1. The summed E-state index contributed by atoms with van der Waals surface area (Å²) in [6.07, 6.45) is -3.25. The van der Waals surface area contributed by atoms with E-state index >= 15 is 0 Å². The number of ether oxygens (including phenoxy) is 1. The minimum Gasteiger partial charge on any atom is -0.353 e. The molecule has 0 unspecified atom stereocenters. The largest absolute Gasteiger partial charge is 0.411 e. The molecule has 7 heteroatoms. The van der Waals surface area contributed by atoms with Crippen LogP contribution >= 0.6 is 0 Å². The topological polar surface area (TPSA) is 32.8 Å². The standard InChI is InChI=1S/C18H21F3N2O2/c19-18(20,21)15-12-25-17-8-9-22(10-13-4-2-1-3-5-13)11-14(17)6-7-16(24)23(15)17/h1-5,14-15H,6-12H2/t14-,15-,17-/m1/s1. The number of hydrogen-bond acceptors (Lipinski definition) is 3. The third kappa shape index (κ3) is 2.83. The lowest BCUT2D eigenvalue weighted by atomic mass is 9.79. The molecule has 4 rings (SSSR count). The zero-order chi connectivity index (χ0) is 17.7. The van der Waals surface area contributed by atoms with Gasteiger partial charge in [-0.25, -0.2) is 0 Å². The van der Waals surface area contributed by atoms with Crippen molar-refractivity contribution in [1.82, 2.24) is 9.80 Å². The quantitative estimate of drug-likeness (QED) is 0.819. The van der Waals surface area contributed by atoms with Crippen LogP contribution in [-0.2, 0) is 16.1 Å². The Morgan fingerprint density at radius 2 is 2.00 bits per heavy atom. The number of nitrogens with zero attached hydrogens (tertiary/aromatic N) is 2.